The second kappa shape index (κ2) is 9.81. The lowest BCUT2D eigenvalue weighted by Gasteiger charge is -2.23. The van der Waals surface area contributed by atoms with Crippen molar-refractivity contribution in [3.63, 3.8) is 0 Å². The molecule has 3 aromatic rings. The highest BCUT2D eigenvalue weighted by Gasteiger charge is 2.26. The number of thiazole rings is 1. The van der Waals surface area contributed by atoms with E-state index in [2.05, 4.69) is 12.1 Å². The van der Waals surface area contributed by atoms with Crippen molar-refractivity contribution in [1.82, 2.24) is 4.98 Å². The van der Waals surface area contributed by atoms with Gasteiger partial charge in [0.2, 0.25) is 5.91 Å². The molecule has 1 aliphatic rings. The minimum Gasteiger partial charge on any atom is -0.494 e. The number of amides is 1. The molecule has 0 bridgehead atoms. The molecule has 1 amide bonds. The Balaban J connectivity index is 1.59. The maximum absolute atomic E-state index is 13.3. The largest absolute Gasteiger partial charge is 0.494 e. The predicted molar refractivity (Wildman–Crippen MR) is 124 cm³/mol. The van der Waals surface area contributed by atoms with Gasteiger partial charge in [0.05, 0.1) is 35.9 Å². The molecule has 1 saturated heterocycles. The van der Waals surface area contributed by atoms with Crippen LogP contribution in [0.2, 0.25) is 0 Å². The number of hydrogen-bond donors (Lipinski definition) is 0. The highest BCUT2D eigenvalue weighted by molar-refractivity contribution is 7.98. The zero-order chi connectivity index (χ0) is 20.9. The number of ether oxygens (including phenoxy) is 2. The van der Waals surface area contributed by atoms with Gasteiger partial charge < -0.3 is 9.47 Å². The average molecular weight is 443 g/mol. The molecule has 5 nitrogen and oxygen atoms in total. The van der Waals surface area contributed by atoms with E-state index in [9.17, 15) is 4.79 Å². The van der Waals surface area contributed by atoms with E-state index in [-0.39, 0.29) is 12.0 Å². The molecule has 0 N–H and O–H groups in total. The maximum Gasteiger partial charge on any atom is 0.233 e. The lowest BCUT2D eigenvalue weighted by molar-refractivity contribution is -0.118. The third-order valence-electron chi connectivity index (χ3n) is 5.12. The minimum atomic E-state index is 0.0477. The number of benzene rings is 2. The van der Waals surface area contributed by atoms with Crippen LogP contribution >= 0.6 is 23.1 Å². The molecule has 1 unspecified atom stereocenters. The molecule has 1 aromatic heterocycles. The van der Waals surface area contributed by atoms with Crippen molar-refractivity contribution >= 4 is 44.4 Å². The number of hydrogen-bond acceptors (Lipinski definition) is 6. The van der Waals surface area contributed by atoms with E-state index in [1.165, 1.54) is 16.2 Å². The molecule has 30 heavy (non-hydrogen) atoms. The van der Waals surface area contributed by atoms with Gasteiger partial charge >= 0.3 is 0 Å². The molecule has 2 aromatic carbocycles. The SMILES string of the molecule is CCOc1ccc2nc(N(CC3CCCO3)C(=O)Cc3ccc(SC)cc3)sc2c1. The molecule has 0 radical (unpaired) electrons. The first-order valence-electron chi connectivity index (χ1n) is 10.2. The number of rotatable bonds is 8. The first kappa shape index (κ1) is 21.2. The Morgan fingerprint density at radius 3 is 2.83 bits per heavy atom. The molecule has 2 heterocycles. The Morgan fingerprint density at radius 1 is 1.30 bits per heavy atom. The third-order valence-corrected chi connectivity index (χ3v) is 6.90. The number of carbonyl (C=O) groups is 1. The zero-order valence-electron chi connectivity index (χ0n) is 17.3. The number of carbonyl (C=O) groups excluding carboxylic acids is 1. The van der Waals surface area contributed by atoms with Crippen LogP contribution in [0.1, 0.15) is 25.3 Å². The van der Waals surface area contributed by atoms with Crippen LogP contribution in [0.3, 0.4) is 0 Å². The maximum atomic E-state index is 13.3. The molecule has 1 fully saturated rings. The lowest BCUT2D eigenvalue weighted by atomic mass is 10.1. The fourth-order valence-electron chi connectivity index (χ4n) is 3.56. The van der Waals surface area contributed by atoms with E-state index >= 15 is 0 Å². The molecule has 7 heteroatoms. The van der Waals surface area contributed by atoms with Gasteiger partial charge in [-0.05, 0) is 61.9 Å². The number of anilines is 1. The molecule has 1 aliphatic heterocycles. The smallest absolute Gasteiger partial charge is 0.233 e. The summed E-state index contributed by atoms with van der Waals surface area (Å²) in [6, 6.07) is 14.1. The molecule has 0 aliphatic carbocycles. The first-order chi connectivity index (χ1) is 14.7. The van der Waals surface area contributed by atoms with Gasteiger partial charge in [-0.25, -0.2) is 4.98 Å². The monoisotopic (exact) mass is 442 g/mol. The van der Waals surface area contributed by atoms with Gasteiger partial charge in [-0.15, -0.1) is 11.8 Å². The van der Waals surface area contributed by atoms with Crippen molar-refractivity contribution in [2.45, 2.75) is 37.2 Å². The second-order valence-electron chi connectivity index (χ2n) is 7.22. The van der Waals surface area contributed by atoms with Crippen LogP contribution in [0.4, 0.5) is 5.13 Å². The fraction of sp³-hybridized carbons (Fsp3) is 0.391. The van der Waals surface area contributed by atoms with Gasteiger partial charge in [0.1, 0.15) is 5.75 Å². The van der Waals surface area contributed by atoms with Crippen LogP contribution in [0.15, 0.2) is 47.4 Å². The summed E-state index contributed by atoms with van der Waals surface area (Å²) in [7, 11) is 0. The Labute approximate surface area is 185 Å². The van der Waals surface area contributed by atoms with Crippen molar-refractivity contribution < 1.29 is 14.3 Å². The van der Waals surface area contributed by atoms with Gasteiger partial charge in [0.25, 0.3) is 0 Å². The predicted octanol–water partition coefficient (Wildman–Crippen LogP) is 5.17. The summed E-state index contributed by atoms with van der Waals surface area (Å²) in [5.41, 5.74) is 1.89. The molecule has 0 saturated carbocycles. The molecule has 4 rings (SSSR count). The lowest BCUT2D eigenvalue weighted by Crippen LogP contribution is -2.38. The van der Waals surface area contributed by atoms with Crippen LogP contribution in [0.25, 0.3) is 10.2 Å². The highest BCUT2D eigenvalue weighted by Crippen LogP contribution is 2.32. The van der Waals surface area contributed by atoms with Crippen molar-refractivity contribution in [1.29, 1.82) is 0 Å². The van der Waals surface area contributed by atoms with Gasteiger partial charge in [-0.2, -0.15) is 0 Å². The van der Waals surface area contributed by atoms with Crippen molar-refractivity contribution in [2.75, 3.05) is 30.9 Å². The molecular weight excluding hydrogens is 416 g/mol. The summed E-state index contributed by atoms with van der Waals surface area (Å²) < 4.78 is 12.5. The van der Waals surface area contributed by atoms with Crippen LogP contribution in [0, 0.1) is 0 Å². The van der Waals surface area contributed by atoms with Gasteiger partial charge in [0.15, 0.2) is 5.13 Å². The first-order valence-corrected chi connectivity index (χ1v) is 12.3. The zero-order valence-corrected chi connectivity index (χ0v) is 18.9. The van der Waals surface area contributed by atoms with E-state index in [1.807, 2.05) is 48.4 Å². The summed E-state index contributed by atoms with van der Waals surface area (Å²) in [5, 5.41) is 0.722. The molecule has 0 spiro atoms. The van der Waals surface area contributed by atoms with Gasteiger partial charge in [0, 0.05) is 11.5 Å². The number of nitrogens with zero attached hydrogens (tertiary/aromatic N) is 2. The topological polar surface area (TPSA) is 51.7 Å². The van der Waals surface area contributed by atoms with Crippen LogP contribution < -0.4 is 9.64 Å². The molecular formula is C23H26N2O3S2. The van der Waals surface area contributed by atoms with Crippen LogP contribution in [-0.4, -0.2) is 43.0 Å². The Kier molecular flexibility index (Phi) is 6.92. The van der Waals surface area contributed by atoms with Gasteiger partial charge in [-0.1, -0.05) is 23.5 Å². The molecule has 1 atom stereocenters. The van der Waals surface area contributed by atoms with E-state index < -0.39 is 0 Å². The van der Waals surface area contributed by atoms with E-state index in [1.54, 1.807) is 11.8 Å². The van der Waals surface area contributed by atoms with E-state index in [4.69, 9.17) is 14.5 Å². The average Bonchev–Trinajstić information content (AvgIpc) is 3.42. The normalized spacial score (nSPS) is 16.1. The summed E-state index contributed by atoms with van der Waals surface area (Å²) in [5.74, 6) is 0.873. The van der Waals surface area contributed by atoms with Crippen LogP contribution in [0.5, 0.6) is 5.75 Å². The number of fused-ring (bicyclic) bond motifs is 1. The Bertz CT molecular complexity index is 997. The van der Waals surface area contributed by atoms with E-state index in [0.717, 1.165) is 46.1 Å². The fourth-order valence-corrected chi connectivity index (χ4v) is 4.99. The standard InChI is InChI=1S/C23H26N2O3S2/c1-3-27-17-8-11-20-21(14-17)30-23(24-20)25(15-18-5-4-12-28-18)22(26)13-16-6-9-19(29-2)10-7-16/h6-11,14,18H,3-5,12-13,15H2,1-2H3. The summed E-state index contributed by atoms with van der Waals surface area (Å²) in [6.07, 6.45) is 4.49. The third kappa shape index (κ3) is 4.96. The quantitative estimate of drug-likeness (QED) is 0.451. The minimum absolute atomic E-state index is 0.0477. The summed E-state index contributed by atoms with van der Waals surface area (Å²) in [4.78, 5) is 21.1. The summed E-state index contributed by atoms with van der Waals surface area (Å²) >= 11 is 3.23. The Hall–Kier alpha value is -2.09. The van der Waals surface area contributed by atoms with E-state index in [0.29, 0.717) is 19.6 Å². The van der Waals surface area contributed by atoms with Gasteiger partial charge in [-0.3, -0.25) is 9.69 Å². The van der Waals surface area contributed by atoms with Crippen molar-refractivity contribution in [3.05, 3.63) is 48.0 Å². The Morgan fingerprint density at radius 2 is 2.13 bits per heavy atom. The van der Waals surface area contributed by atoms with Crippen molar-refractivity contribution in [2.24, 2.45) is 0 Å². The van der Waals surface area contributed by atoms with Crippen molar-refractivity contribution in [3.8, 4) is 5.75 Å². The number of aromatic nitrogens is 1. The highest BCUT2D eigenvalue weighted by atomic mass is 32.2. The summed E-state index contributed by atoms with van der Waals surface area (Å²) in [6.45, 7) is 3.90. The second-order valence-corrected chi connectivity index (χ2v) is 9.11. The number of thioether (sulfide) groups is 1. The van der Waals surface area contributed by atoms with Crippen LogP contribution in [-0.2, 0) is 16.0 Å². The molecule has 158 valence electrons.